The number of fused-ring (bicyclic) bond motifs is 2. The molecule has 0 saturated carbocycles. The summed E-state index contributed by atoms with van der Waals surface area (Å²) < 4.78 is 24.1. The molecule has 156 valence electrons. The summed E-state index contributed by atoms with van der Waals surface area (Å²) in [5, 5.41) is 0. The number of rotatable bonds is 5. The highest BCUT2D eigenvalue weighted by Gasteiger charge is 2.18. The van der Waals surface area contributed by atoms with Gasteiger partial charge in [-0.05, 0) is 37.3 Å². The predicted octanol–water partition coefficient (Wildman–Crippen LogP) is 2.79. The first-order chi connectivity index (χ1) is 14.6. The van der Waals surface area contributed by atoms with E-state index in [0.29, 0.717) is 46.3 Å². The molecule has 9 heteroatoms. The zero-order valence-electron chi connectivity index (χ0n) is 16.5. The van der Waals surface area contributed by atoms with Crippen LogP contribution in [0.1, 0.15) is 17.3 Å². The fraction of sp³-hybridized carbons (Fsp3) is 0.286. The van der Waals surface area contributed by atoms with Crippen LogP contribution in [0.25, 0.3) is 10.2 Å². The number of benzene rings is 2. The zero-order valence-corrected chi connectivity index (χ0v) is 17.4. The highest BCUT2D eigenvalue weighted by Crippen LogP contribution is 2.31. The van der Waals surface area contributed by atoms with Gasteiger partial charge in [0, 0.05) is 5.56 Å². The van der Waals surface area contributed by atoms with E-state index in [1.807, 2.05) is 12.1 Å². The largest absolute Gasteiger partial charge is 0.495 e. The van der Waals surface area contributed by atoms with Crippen molar-refractivity contribution in [1.29, 1.82) is 0 Å². The summed E-state index contributed by atoms with van der Waals surface area (Å²) in [6, 6.07) is 10.5. The Kier molecular flexibility index (Phi) is 5.71. The molecule has 0 aliphatic carbocycles. The molecule has 2 heterocycles. The third kappa shape index (κ3) is 3.88. The van der Waals surface area contributed by atoms with Gasteiger partial charge in [0.2, 0.25) is 0 Å². The van der Waals surface area contributed by atoms with Crippen molar-refractivity contribution in [2.45, 2.75) is 13.5 Å². The molecule has 1 aliphatic heterocycles. The number of hydrogen-bond acceptors (Lipinski definition) is 7. The van der Waals surface area contributed by atoms with Gasteiger partial charge in [0.25, 0.3) is 5.91 Å². The highest BCUT2D eigenvalue weighted by atomic mass is 32.1. The lowest BCUT2D eigenvalue weighted by molar-refractivity contribution is -0.143. The molecule has 0 bridgehead atoms. The molecule has 1 aromatic heterocycles. The van der Waals surface area contributed by atoms with Gasteiger partial charge in [-0.15, -0.1) is 0 Å². The number of para-hydroxylation sites is 1. The van der Waals surface area contributed by atoms with E-state index in [4.69, 9.17) is 18.9 Å². The Morgan fingerprint density at radius 2 is 1.97 bits per heavy atom. The molecule has 0 spiro atoms. The van der Waals surface area contributed by atoms with E-state index in [2.05, 4.69) is 4.99 Å². The second-order valence-electron chi connectivity index (χ2n) is 6.36. The molecule has 1 amide bonds. The lowest BCUT2D eigenvalue weighted by Crippen LogP contribution is -2.23. The van der Waals surface area contributed by atoms with Gasteiger partial charge in [0.15, 0.2) is 16.3 Å². The van der Waals surface area contributed by atoms with Gasteiger partial charge < -0.3 is 23.5 Å². The number of carbonyl (C=O) groups is 2. The van der Waals surface area contributed by atoms with Crippen LogP contribution >= 0.6 is 11.3 Å². The van der Waals surface area contributed by atoms with E-state index in [1.165, 1.54) is 11.3 Å². The maximum Gasteiger partial charge on any atom is 0.326 e. The molecular weight excluding hydrogens is 408 g/mol. The summed E-state index contributed by atoms with van der Waals surface area (Å²) in [5.74, 6) is 0.828. The zero-order chi connectivity index (χ0) is 21.1. The lowest BCUT2D eigenvalue weighted by Gasteiger charge is -2.18. The van der Waals surface area contributed by atoms with E-state index in [-0.39, 0.29) is 13.2 Å². The lowest BCUT2D eigenvalue weighted by atomic mass is 10.2. The van der Waals surface area contributed by atoms with Crippen LogP contribution in [0.4, 0.5) is 0 Å². The second-order valence-corrected chi connectivity index (χ2v) is 7.37. The van der Waals surface area contributed by atoms with Crippen molar-refractivity contribution in [2.75, 3.05) is 26.9 Å². The van der Waals surface area contributed by atoms with Crippen molar-refractivity contribution < 1.29 is 28.5 Å². The van der Waals surface area contributed by atoms with Gasteiger partial charge in [0.05, 0.1) is 18.4 Å². The number of hydrogen-bond donors (Lipinski definition) is 0. The van der Waals surface area contributed by atoms with Crippen LogP contribution < -0.4 is 19.0 Å². The second kappa shape index (κ2) is 8.58. The fourth-order valence-electron chi connectivity index (χ4n) is 3.16. The summed E-state index contributed by atoms with van der Waals surface area (Å²) in [7, 11) is 1.55. The smallest absolute Gasteiger partial charge is 0.326 e. The first kappa shape index (κ1) is 20.0. The number of carbonyl (C=O) groups excluding carboxylic acids is 2. The number of amides is 1. The van der Waals surface area contributed by atoms with E-state index >= 15 is 0 Å². The number of ether oxygens (including phenoxy) is 4. The molecule has 4 rings (SSSR count). The molecular formula is C21H20N2O6S. The normalized spacial score (nSPS) is 13.3. The Hall–Kier alpha value is -3.33. The van der Waals surface area contributed by atoms with E-state index in [0.717, 1.165) is 4.70 Å². The van der Waals surface area contributed by atoms with Crippen molar-refractivity contribution in [3.63, 3.8) is 0 Å². The molecule has 0 unspecified atom stereocenters. The van der Waals surface area contributed by atoms with Crippen LogP contribution in [-0.4, -0.2) is 43.4 Å². The van der Waals surface area contributed by atoms with E-state index in [9.17, 15) is 9.59 Å². The van der Waals surface area contributed by atoms with Crippen molar-refractivity contribution in [3.8, 4) is 17.2 Å². The van der Waals surface area contributed by atoms with Gasteiger partial charge in [-0.1, -0.05) is 17.4 Å². The van der Waals surface area contributed by atoms with Crippen molar-refractivity contribution in [2.24, 2.45) is 4.99 Å². The first-order valence-electron chi connectivity index (χ1n) is 9.41. The Balaban J connectivity index is 1.79. The van der Waals surface area contributed by atoms with Crippen molar-refractivity contribution >= 4 is 33.4 Å². The summed E-state index contributed by atoms with van der Waals surface area (Å²) in [6.45, 7) is 2.83. The maximum absolute atomic E-state index is 12.9. The van der Waals surface area contributed by atoms with Crippen molar-refractivity contribution in [3.05, 3.63) is 46.8 Å². The van der Waals surface area contributed by atoms with Crippen LogP contribution in [0, 0.1) is 0 Å². The number of esters is 1. The van der Waals surface area contributed by atoms with Crippen LogP contribution in [0.5, 0.6) is 17.2 Å². The van der Waals surface area contributed by atoms with Crippen LogP contribution in [0.2, 0.25) is 0 Å². The SMILES string of the molecule is CCOC(=O)Cn1c(=NC(=O)c2ccc3c(c2)OCCO3)sc2cccc(OC)c21. The van der Waals surface area contributed by atoms with Gasteiger partial charge in [0.1, 0.15) is 31.0 Å². The quantitative estimate of drug-likeness (QED) is 0.581. The molecule has 8 nitrogen and oxygen atoms in total. The van der Waals surface area contributed by atoms with Gasteiger partial charge in [-0.3, -0.25) is 9.59 Å². The van der Waals surface area contributed by atoms with Crippen LogP contribution in [0.3, 0.4) is 0 Å². The average Bonchev–Trinajstić information content (AvgIpc) is 3.10. The topological polar surface area (TPSA) is 88.4 Å². The van der Waals surface area contributed by atoms with Crippen LogP contribution in [-0.2, 0) is 16.1 Å². The van der Waals surface area contributed by atoms with Gasteiger partial charge >= 0.3 is 5.97 Å². The number of thiazole rings is 1. The predicted molar refractivity (Wildman–Crippen MR) is 110 cm³/mol. The standard InChI is InChI=1S/C21H20N2O6S/c1-3-27-18(24)12-23-19-15(26-2)5-4-6-17(19)30-21(23)22-20(25)13-7-8-14-16(11-13)29-10-9-28-14/h4-8,11H,3,9-10,12H2,1-2H3. The van der Waals surface area contributed by atoms with Crippen LogP contribution in [0.15, 0.2) is 41.4 Å². The van der Waals surface area contributed by atoms with E-state index in [1.54, 1.807) is 42.9 Å². The average molecular weight is 428 g/mol. The minimum atomic E-state index is -0.449. The first-order valence-corrected chi connectivity index (χ1v) is 10.2. The maximum atomic E-state index is 12.9. The molecule has 30 heavy (non-hydrogen) atoms. The molecule has 0 fully saturated rings. The van der Waals surface area contributed by atoms with Crippen molar-refractivity contribution in [1.82, 2.24) is 4.57 Å². The molecule has 0 radical (unpaired) electrons. The number of aromatic nitrogens is 1. The summed E-state index contributed by atoms with van der Waals surface area (Å²) in [6.07, 6.45) is 0. The Morgan fingerprint density at radius 1 is 1.17 bits per heavy atom. The summed E-state index contributed by atoms with van der Waals surface area (Å²) in [5.41, 5.74) is 1.05. The third-order valence-corrected chi connectivity index (χ3v) is 5.51. The Bertz CT molecular complexity index is 1180. The highest BCUT2D eigenvalue weighted by molar-refractivity contribution is 7.16. The van der Waals surface area contributed by atoms with E-state index < -0.39 is 11.9 Å². The monoisotopic (exact) mass is 428 g/mol. The van der Waals surface area contributed by atoms with Gasteiger partial charge in [-0.25, -0.2) is 0 Å². The fourth-order valence-corrected chi connectivity index (χ4v) is 4.20. The minimum Gasteiger partial charge on any atom is -0.495 e. The molecule has 2 aromatic carbocycles. The molecule has 0 saturated heterocycles. The number of nitrogens with zero attached hydrogens (tertiary/aromatic N) is 2. The Labute approximate surface area is 176 Å². The minimum absolute atomic E-state index is 0.0819. The molecule has 0 atom stereocenters. The molecule has 1 aliphatic rings. The summed E-state index contributed by atoms with van der Waals surface area (Å²) >= 11 is 1.30. The van der Waals surface area contributed by atoms with Gasteiger partial charge in [-0.2, -0.15) is 4.99 Å². The third-order valence-electron chi connectivity index (χ3n) is 4.46. The number of methoxy groups -OCH3 is 1. The molecule has 3 aromatic rings. The Morgan fingerprint density at radius 3 is 2.73 bits per heavy atom. The molecule has 0 N–H and O–H groups in total. The summed E-state index contributed by atoms with van der Waals surface area (Å²) in [4.78, 5) is 29.7.